The summed E-state index contributed by atoms with van der Waals surface area (Å²) in [6, 6.07) is 6.26. The van der Waals surface area contributed by atoms with Crippen molar-refractivity contribution in [2.24, 2.45) is 11.8 Å². The van der Waals surface area contributed by atoms with Crippen LogP contribution in [0.5, 0.6) is 0 Å². The molecule has 0 aromatic heterocycles. The molecule has 8 nitrogen and oxygen atoms in total. The SMILES string of the molecule is CCCC1COCC(=O)[C@H]1NC(=O)[C@H](CC(C)C)NC(=O)c1cccc(N2CCNCC2)c1. The third-order valence-corrected chi connectivity index (χ3v) is 6.27. The average Bonchev–Trinajstić information content (AvgIpc) is 2.81. The van der Waals surface area contributed by atoms with E-state index >= 15 is 0 Å². The molecule has 1 aromatic carbocycles. The highest BCUT2D eigenvalue weighted by atomic mass is 16.5. The highest BCUT2D eigenvalue weighted by Crippen LogP contribution is 2.20. The van der Waals surface area contributed by atoms with Gasteiger partial charge in [-0.05, 0) is 37.0 Å². The minimum atomic E-state index is -0.710. The van der Waals surface area contributed by atoms with Gasteiger partial charge in [0.05, 0.1) is 12.6 Å². The van der Waals surface area contributed by atoms with Crippen LogP contribution < -0.4 is 20.9 Å². The van der Waals surface area contributed by atoms with Crippen molar-refractivity contribution in [1.29, 1.82) is 0 Å². The molecular weight excluding hydrogens is 420 g/mol. The molecule has 3 atom stereocenters. The predicted octanol–water partition coefficient (Wildman–Crippen LogP) is 1.74. The molecule has 2 saturated heterocycles. The van der Waals surface area contributed by atoms with Crippen molar-refractivity contribution in [3.63, 3.8) is 0 Å². The summed E-state index contributed by atoms with van der Waals surface area (Å²) in [5.74, 6) is -0.532. The van der Waals surface area contributed by atoms with Crippen LogP contribution in [0, 0.1) is 11.8 Å². The number of hydrogen-bond acceptors (Lipinski definition) is 6. The molecule has 1 aromatic rings. The predicted molar refractivity (Wildman–Crippen MR) is 128 cm³/mol. The maximum absolute atomic E-state index is 13.2. The van der Waals surface area contributed by atoms with Gasteiger partial charge in [0.1, 0.15) is 12.6 Å². The van der Waals surface area contributed by atoms with Gasteiger partial charge in [-0.3, -0.25) is 14.4 Å². The smallest absolute Gasteiger partial charge is 0.252 e. The molecule has 3 N–H and O–H groups in total. The van der Waals surface area contributed by atoms with Gasteiger partial charge in [-0.1, -0.05) is 33.3 Å². The van der Waals surface area contributed by atoms with Gasteiger partial charge in [-0.15, -0.1) is 0 Å². The number of anilines is 1. The van der Waals surface area contributed by atoms with E-state index in [1.165, 1.54) is 0 Å². The number of nitrogens with one attached hydrogen (secondary N) is 3. The van der Waals surface area contributed by atoms with Gasteiger partial charge in [0.2, 0.25) is 5.91 Å². The lowest BCUT2D eigenvalue weighted by atomic mass is 9.90. The Morgan fingerprint density at radius 1 is 1.24 bits per heavy atom. The molecule has 0 bridgehead atoms. The quantitative estimate of drug-likeness (QED) is 0.521. The minimum Gasteiger partial charge on any atom is -0.373 e. The maximum Gasteiger partial charge on any atom is 0.252 e. The fourth-order valence-corrected chi connectivity index (χ4v) is 4.54. The van der Waals surface area contributed by atoms with Crippen LogP contribution >= 0.6 is 0 Å². The van der Waals surface area contributed by atoms with Crippen LogP contribution in [0.25, 0.3) is 0 Å². The first kappa shape index (κ1) is 25.2. The Morgan fingerprint density at radius 2 is 2.00 bits per heavy atom. The third-order valence-electron chi connectivity index (χ3n) is 6.27. The molecule has 2 aliphatic rings. The van der Waals surface area contributed by atoms with Gasteiger partial charge >= 0.3 is 0 Å². The van der Waals surface area contributed by atoms with E-state index in [1.807, 2.05) is 39.0 Å². The molecule has 1 unspecified atom stereocenters. The number of piperazine rings is 1. The van der Waals surface area contributed by atoms with E-state index < -0.39 is 12.1 Å². The van der Waals surface area contributed by atoms with E-state index in [1.54, 1.807) is 6.07 Å². The van der Waals surface area contributed by atoms with Crippen LogP contribution in [0.15, 0.2) is 24.3 Å². The molecule has 8 heteroatoms. The Bertz CT molecular complexity index is 820. The van der Waals surface area contributed by atoms with Crippen molar-refractivity contribution in [2.75, 3.05) is 44.3 Å². The molecule has 3 rings (SSSR count). The largest absolute Gasteiger partial charge is 0.373 e. The lowest BCUT2D eigenvalue weighted by Crippen LogP contribution is -2.57. The second-order valence-corrected chi connectivity index (χ2v) is 9.46. The van der Waals surface area contributed by atoms with Crippen molar-refractivity contribution < 1.29 is 19.1 Å². The zero-order chi connectivity index (χ0) is 23.8. The van der Waals surface area contributed by atoms with Crippen LogP contribution in [0.3, 0.4) is 0 Å². The summed E-state index contributed by atoms with van der Waals surface area (Å²) in [6.45, 7) is 10.2. The molecule has 2 heterocycles. The van der Waals surface area contributed by atoms with Crippen molar-refractivity contribution in [3.8, 4) is 0 Å². The van der Waals surface area contributed by atoms with E-state index in [0.29, 0.717) is 18.6 Å². The molecule has 2 fully saturated rings. The molecular formula is C25H38N4O4. The summed E-state index contributed by atoms with van der Waals surface area (Å²) in [6.07, 6.45) is 2.20. The summed E-state index contributed by atoms with van der Waals surface area (Å²) >= 11 is 0. The third kappa shape index (κ3) is 7.01. The van der Waals surface area contributed by atoms with Crippen molar-refractivity contribution in [3.05, 3.63) is 29.8 Å². The van der Waals surface area contributed by atoms with Crippen LogP contribution in [0.1, 0.15) is 50.4 Å². The second kappa shape index (κ2) is 12.1. The Labute approximate surface area is 196 Å². The first-order chi connectivity index (χ1) is 15.9. The molecule has 0 saturated carbocycles. The lowest BCUT2D eigenvalue weighted by molar-refractivity contribution is -0.138. The highest BCUT2D eigenvalue weighted by molar-refractivity contribution is 5.99. The number of amides is 2. The van der Waals surface area contributed by atoms with E-state index in [-0.39, 0.29) is 36.0 Å². The number of ether oxygens (including phenoxy) is 1. The number of ketones is 1. The fourth-order valence-electron chi connectivity index (χ4n) is 4.54. The van der Waals surface area contributed by atoms with E-state index in [0.717, 1.165) is 44.7 Å². The summed E-state index contributed by atoms with van der Waals surface area (Å²) in [4.78, 5) is 41.0. The van der Waals surface area contributed by atoms with Gasteiger partial charge in [-0.2, -0.15) is 0 Å². The van der Waals surface area contributed by atoms with Gasteiger partial charge in [0.15, 0.2) is 5.78 Å². The van der Waals surface area contributed by atoms with Crippen LogP contribution in [0.4, 0.5) is 5.69 Å². The van der Waals surface area contributed by atoms with Crippen molar-refractivity contribution in [2.45, 2.75) is 52.1 Å². The van der Waals surface area contributed by atoms with Crippen LogP contribution in [0.2, 0.25) is 0 Å². The van der Waals surface area contributed by atoms with Gasteiger partial charge < -0.3 is 25.6 Å². The number of benzene rings is 1. The standard InChI is InChI=1S/C25H38N4O4/c1-4-6-19-15-33-16-22(30)23(19)28-25(32)21(13-17(2)3)27-24(31)18-7-5-8-20(14-18)29-11-9-26-10-12-29/h5,7-8,14,17,19,21,23,26H,4,6,9-13,15-16H2,1-3H3,(H,27,31)(H,28,32)/t19?,21-,23-/m0/s1. The maximum atomic E-state index is 13.2. The van der Waals surface area contributed by atoms with Crippen LogP contribution in [-0.4, -0.2) is 69.1 Å². The highest BCUT2D eigenvalue weighted by Gasteiger charge is 2.35. The van der Waals surface area contributed by atoms with E-state index in [9.17, 15) is 14.4 Å². The first-order valence-corrected chi connectivity index (χ1v) is 12.2. The molecule has 0 aliphatic carbocycles. The van der Waals surface area contributed by atoms with Crippen LogP contribution in [-0.2, 0) is 14.3 Å². The molecule has 33 heavy (non-hydrogen) atoms. The Kier molecular flexibility index (Phi) is 9.26. The molecule has 0 spiro atoms. The topological polar surface area (TPSA) is 99.8 Å². The number of Topliss-reactive ketones (excluding diaryl/α,β-unsaturated/α-hetero) is 1. The zero-order valence-electron chi connectivity index (χ0n) is 20.1. The van der Waals surface area contributed by atoms with E-state index in [2.05, 4.69) is 20.9 Å². The average molecular weight is 459 g/mol. The number of rotatable bonds is 9. The number of hydrogen-bond donors (Lipinski definition) is 3. The van der Waals surface area contributed by atoms with Gasteiger partial charge in [0, 0.05) is 43.3 Å². The lowest BCUT2D eigenvalue weighted by Gasteiger charge is -2.32. The summed E-state index contributed by atoms with van der Waals surface area (Å²) in [5.41, 5.74) is 1.53. The molecule has 182 valence electrons. The molecule has 2 amide bonds. The Hall–Kier alpha value is -2.45. The number of carbonyl (C=O) groups excluding carboxylic acids is 3. The number of nitrogens with zero attached hydrogens (tertiary/aromatic N) is 1. The van der Waals surface area contributed by atoms with Gasteiger partial charge in [0.25, 0.3) is 5.91 Å². The zero-order valence-corrected chi connectivity index (χ0v) is 20.1. The van der Waals surface area contributed by atoms with Crippen molar-refractivity contribution >= 4 is 23.3 Å². The van der Waals surface area contributed by atoms with Crippen molar-refractivity contribution in [1.82, 2.24) is 16.0 Å². The summed E-state index contributed by atoms with van der Waals surface area (Å²) in [5, 5.41) is 9.18. The second-order valence-electron chi connectivity index (χ2n) is 9.46. The van der Waals surface area contributed by atoms with E-state index in [4.69, 9.17) is 4.74 Å². The Balaban J connectivity index is 1.70. The van der Waals surface area contributed by atoms with Gasteiger partial charge in [-0.25, -0.2) is 0 Å². The fraction of sp³-hybridized carbons (Fsp3) is 0.640. The first-order valence-electron chi connectivity index (χ1n) is 12.2. The molecule has 2 aliphatic heterocycles. The summed E-state index contributed by atoms with van der Waals surface area (Å²) in [7, 11) is 0. The monoisotopic (exact) mass is 458 g/mol. The summed E-state index contributed by atoms with van der Waals surface area (Å²) < 4.78 is 5.39. The minimum absolute atomic E-state index is 0.0190. The molecule has 0 radical (unpaired) electrons. The normalized spacial score (nSPS) is 22.2. The number of carbonyl (C=O) groups is 3. The Morgan fingerprint density at radius 3 is 2.70 bits per heavy atom.